The molecule has 4 nitrogen and oxygen atoms in total. The van der Waals surface area contributed by atoms with Crippen molar-refractivity contribution in [1.29, 1.82) is 0 Å². The number of thiazole rings is 1. The van der Waals surface area contributed by atoms with E-state index in [1.165, 1.54) is 18.4 Å². The van der Waals surface area contributed by atoms with Crippen LogP contribution in [0.2, 0.25) is 0 Å². The fourth-order valence-corrected chi connectivity index (χ4v) is 4.87. The Hall–Kier alpha value is -1.72. The molecule has 1 N–H and O–H groups in total. The fourth-order valence-electron chi connectivity index (χ4n) is 4.04. The highest BCUT2D eigenvalue weighted by atomic mass is 32.1. The quantitative estimate of drug-likeness (QED) is 0.914. The first-order valence-corrected chi connectivity index (χ1v) is 9.99. The summed E-state index contributed by atoms with van der Waals surface area (Å²) in [5.74, 6) is 0.187. The van der Waals surface area contributed by atoms with E-state index in [9.17, 15) is 4.79 Å². The predicted octanol–water partition coefficient (Wildman–Crippen LogP) is 3.40. The number of likely N-dealkylation sites (N-methyl/N-ethyl adjacent to an activating group) is 1. The number of aryl methyl sites for hydroxylation is 1. The van der Waals surface area contributed by atoms with Crippen molar-refractivity contribution in [3.63, 3.8) is 0 Å². The third-order valence-corrected chi connectivity index (χ3v) is 6.51. The molecule has 5 heteroatoms. The van der Waals surface area contributed by atoms with Crippen LogP contribution in [0.3, 0.4) is 0 Å². The molecule has 0 radical (unpaired) electrons. The van der Waals surface area contributed by atoms with Crippen molar-refractivity contribution >= 4 is 17.2 Å². The van der Waals surface area contributed by atoms with Gasteiger partial charge in [0.05, 0.1) is 12.1 Å². The van der Waals surface area contributed by atoms with Gasteiger partial charge in [0.1, 0.15) is 5.01 Å². The van der Waals surface area contributed by atoms with Gasteiger partial charge in [-0.05, 0) is 32.6 Å². The number of carbonyl (C=O) groups excluding carboxylic acids is 1. The first kappa shape index (κ1) is 16.7. The van der Waals surface area contributed by atoms with Gasteiger partial charge in [0, 0.05) is 36.1 Å². The molecule has 2 saturated heterocycles. The van der Waals surface area contributed by atoms with E-state index in [-0.39, 0.29) is 5.91 Å². The zero-order chi connectivity index (χ0) is 17.4. The molecule has 2 fully saturated rings. The zero-order valence-electron chi connectivity index (χ0n) is 14.9. The Morgan fingerprint density at radius 3 is 2.60 bits per heavy atom. The molecule has 2 bridgehead atoms. The number of nitrogens with zero attached hydrogens (tertiary/aromatic N) is 2. The molecule has 2 unspecified atom stereocenters. The number of nitrogens with one attached hydrogen (secondary N) is 1. The molecule has 0 aliphatic carbocycles. The topological polar surface area (TPSA) is 45.2 Å². The second-order valence-electron chi connectivity index (χ2n) is 7.45. The first-order chi connectivity index (χ1) is 12.1. The number of rotatable bonds is 4. The van der Waals surface area contributed by atoms with Crippen LogP contribution in [0, 0.1) is 6.92 Å². The van der Waals surface area contributed by atoms with Crippen LogP contribution in [0.1, 0.15) is 36.9 Å². The molecular weight excluding hydrogens is 330 g/mol. The van der Waals surface area contributed by atoms with Crippen LogP contribution in [-0.2, 0) is 11.2 Å². The molecule has 4 rings (SSSR count). The molecule has 1 aromatic heterocycles. The number of benzene rings is 1. The SMILES string of the molecule is Cc1ccc(-c2nc(CC(=O)N(C)C3CC4CCC(C3)N4)cs2)cc1. The largest absolute Gasteiger partial charge is 0.342 e. The third kappa shape index (κ3) is 3.62. The van der Waals surface area contributed by atoms with Crippen molar-refractivity contribution in [3.8, 4) is 10.6 Å². The molecule has 2 aliphatic heterocycles. The van der Waals surface area contributed by atoms with Crippen molar-refractivity contribution in [3.05, 3.63) is 40.9 Å². The third-order valence-electron chi connectivity index (χ3n) is 5.57. The highest BCUT2D eigenvalue weighted by molar-refractivity contribution is 7.13. The number of carbonyl (C=O) groups is 1. The van der Waals surface area contributed by atoms with Crippen molar-refractivity contribution < 1.29 is 4.79 Å². The Balaban J connectivity index is 1.40. The second-order valence-corrected chi connectivity index (χ2v) is 8.31. The summed E-state index contributed by atoms with van der Waals surface area (Å²) < 4.78 is 0. The van der Waals surface area contributed by atoms with Gasteiger partial charge in [0.15, 0.2) is 0 Å². The maximum absolute atomic E-state index is 12.7. The monoisotopic (exact) mass is 355 g/mol. The Morgan fingerprint density at radius 1 is 1.24 bits per heavy atom. The van der Waals surface area contributed by atoms with Crippen molar-refractivity contribution in [2.75, 3.05) is 7.05 Å². The standard InChI is InChI=1S/C20H25N3OS/c1-13-3-5-14(6-4-13)20-22-17(12-25-20)11-19(24)23(2)18-9-15-7-8-16(10-18)21-15/h3-6,12,15-16,18,21H,7-11H2,1-2H3. The van der Waals surface area contributed by atoms with Crippen LogP contribution in [0.15, 0.2) is 29.6 Å². The van der Waals surface area contributed by atoms with E-state index in [1.807, 2.05) is 17.3 Å². The molecule has 0 saturated carbocycles. The Bertz CT molecular complexity index is 743. The average molecular weight is 356 g/mol. The van der Waals surface area contributed by atoms with Gasteiger partial charge in [0.2, 0.25) is 5.91 Å². The minimum atomic E-state index is 0.187. The minimum absolute atomic E-state index is 0.187. The maximum atomic E-state index is 12.7. The molecule has 1 amide bonds. The Labute approximate surface area is 153 Å². The van der Waals surface area contributed by atoms with Gasteiger partial charge in [-0.1, -0.05) is 29.8 Å². The summed E-state index contributed by atoms with van der Waals surface area (Å²) in [6.07, 6.45) is 5.09. The molecule has 132 valence electrons. The van der Waals surface area contributed by atoms with Crippen molar-refractivity contribution in [2.24, 2.45) is 0 Å². The van der Waals surface area contributed by atoms with E-state index in [4.69, 9.17) is 0 Å². The van der Waals surface area contributed by atoms with E-state index in [2.05, 4.69) is 41.5 Å². The van der Waals surface area contributed by atoms with Crippen LogP contribution < -0.4 is 5.32 Å². The number of hydrogen-bond acceptors (Lipinski definition) is 4. The maximum Gasteiger partial charge on any atom is 0.228 e. The van der Waals surface area contributed by atoms with Crippen LogP contribution in [-0.4, -0.2) is 41.0 Å². The van der Waals surface area contributed by atoms with Crippen molar-refractivity contribution in [1.82, 2.24) is 15.2 Å². The average Bonchev–Trinajstić information content (AvgIpc) is 3.21. The molecular formula is C20H25N3OS. The van der Waals surface area contributed by atoms with E-state index >= 15 is 0 Å². The fraction of sp³-hybridized carbons (Fsp3) is 0.500. The predicted molar refractivity (Wildman–Crippen MR) is 102 cm³/mol. The summed E-state index contributed by atoms with van der Waals surface area (Å²) in [6, 6.07) is 9.97. The highest BCUT2D eigenvalue weighted by Crippen LogP contribution is 2.30. The smallest absolute Gasteiger partial charge is 0.228 e. The van der Waals surface area contributed by atoms with Gasteiger partial charge in [0.25, 0.3) is 0 Å². The molecule has 2 atom stereocenters. The van der Waals surface area contributed by atoms with Gasteiger partial charge in [-0.15, -0.1) is 11.3 Å². The van der Waals surface area contributed by atoms with Gasteiger partial charge < -0.3 is 10.2 Å². The Morgan fingerprint density at radius 2 is 1.92 bits per heavy atom. The molecule has 3 heterocycles. The van der Waals surface area contributed by atoms with Gasteiger partial charge in [-0.25, -0.2) is 4.98 Å². The second kappa shape index (κ2) is 6.89. The van der Waals surface area contributed by atoms with E-state index in [0.29, 0.717) is 24.5 Å². The van der Waals surface area contributed by atoms with Crippen molar-refractivity contribution in [2.45, 2.75) is 57.2 Å². The summed E-state index contributed by atoms with van der Waals surface area (Å²) in [4.78, 5) is 19.4. The number of piperidine rings is 1. The first-order valence-electron chi connectivity index (χ1n) is 9.11. The lowest BCUT2D eigenvalue weighted by molar-refractivity contribution is -0.132. The molecule has 0 spiro atoms. The molecule has 1 aromatic carbocycles. The number of aromatic nitrogens is 1. The van der Waals surface area contributed by atoms with Crippen LogP contribution in [0.4, 0.5) is 0 Å². The van der Waals surface area contributed by atoms with E-state index in [1.54, 1.807) is 11.3 Å². The molecule has 2 aliphatic rings. The lowest BCUT2D eigenvalue weighted by Gasteiger charge is -2.35. The number of amides is 1. The minimum Gasteiger partial charge on any atom is -0.342 e. The normalized spacial score (nSPS) is 25.1. The lowest BCUT2D eigenvalue weighted by atomic mass is 9.98. The summed E-state index contributed by atoms with van der Waals surface area (Å²) in [5, 5.41) is 6.65. The summed E-state index contributed by atoms with van der Waals surface area (Å²) in [7, 11) is 1.96. The van der Waals surface area contributed by atoms with E-state index in [0.717, 1.165) is 29.1 Å². The number of hydrogen-bond donors (Lipinski definition) is 1. The zero-order valence-corrected chi connectivity index (χ0v) is 15.7. The highest BCUT2D eigenvalue weighted by Gasteiger charge is 2.36. The Kier molecular flexibility index (Phi) is 4.61. The molecule has 2 aromatic rings. The molecule has 25 heavy (non-hydrogen) atoms. The van der Waals surface area contributed by atoms with Crippen LogP contribution in [0.25, 0.3) is 10.6 Å². The summed E-state index contributed by atoms with van der Waals surface area (Å²) in [5.41, 5.74) is 3.25. The lowest BCUT2D eigenvalue weighted by Crippen LogP contribution is -2.49. The van der Waals surface area contributed by atoms with Crippen LogP contribution in [0.5, 0.6) is 0 Å². The van der Waals surface area contributed by atoms with Crippen LogP contribution >= 0.6 is 11.3 Å². The van der Waals surface area contributed by atoms with E-state index < -0.39 is 0 Å². The van der Waals surface area contributed by atoms with Gasteiger partial charge in [-0.3, -0.25) is 4.79 Å². The van der Waals surface area contributed by atoms with Gasteiger partial charge >= 0.3 is 0 Å². The summed E-state index contributed by atoms with van der Waals surface area (Å²) >= 11 is 1.62. The van der Waals surface area contributed by atoms with Gasteiger partial charge in [-0.2, -0.15) is 0 Å². The summed E-state index contributed by atoms with van der Waals surface area (Å²) in [6.45, 7) is 2.08. The number of fused-ring (bicyclic) bond motifs is 2.